The van der Waals surface area contributed by atoms with Gasteiger partial charge >= 0.3 is 5.97 Å². The van der Waals surface area contributed by atoms with Crippen LogP contribution in [0.25, 0.3) is 0 Å². The van der Waals surface area contributed by atoms with Crippen molar-refractivity contribution < 1.29 is 27.5 Å². The molecule has 4 rings (SSSR count). The van der Waals surface area contributed by atoms with Crippen LogP contribution in [0.15, 0.2) is 89.8 Å². The molecule has 3 aromatic rings. The first-order valence-electron chi connectivity index (χ1n) is 11.4. The molecule has 0 bridgehead atoms. The second kappa shape index (κ2) is 10.5. The molecule has 8 heteroatoms. The number of carbonyl (C=O) groups excluding carboxylic acids is 2. The number of nitrogens with zero attached hydrogens (tertiary/aromatic N) is 1. The highest BCUT2D eigenvalue weighted by atomic mass is 32.2. The van der Waals surface area contributed by atoms with Gasteiger partial charge in [-0.2, -0.15) is 4.31 Å². The Labute approximate surface area is 205 Å². The summed E-state index contributed by atoms with van der Waals surface area (Å²) in [5.41, 5.74) is 0.970. The van der Waals surface area contributed by atoms with E-state index >= 15 is 0 Å². The van der Waals surface area contributed by atoms with E-state index in [4.69, 9.17) is 9.47 Å². The number of rotatable bonds is 7. The molecule has 0 N–H and O–H groups in total. The Morgan fingerprint density at radius 1 is 0.857 bits per heavy atom. The van der Waals surface area contributed by atoms with Crippen molar-refractivity contribution in [2.75, 3.05) is 13.1 Å². The van der Waals surface area contributed by atoms with Crippen LogP contribution in [0.4, 0.5) is 0 Å². The van der Waals surface area contributed by atoms with Crippen molar-refractivity contribution >= 4 is 21.8 Å². The number of ether oxygens (including phenoxy) is 2. The normalized spacial score (nSPS) is 19.6. The third-order valence-electron chi connectivity index (χ3n) is 5.72. The van der Waals surface area contributed by atoms with Crippen LogP contribution in [-0.4, -0.2) is 49.8 Å². The number of hydrogen-bond acceptors (Lipinski definition) is 6. The lowest BCUT2D eigenvalue weighted by Crippen LogP contribution is -2.48. The van der Waals surface area contributed by atoms with Crippen LogP contribution < -0.4 is 0 Å². The summed E-state index contributed by atoms with van der Waals surface area (Å²) in [6, 6.07) is 23.0. The Hall–Kier alpha value is -3.33. The van der Waals surface area contributed by atoms with Gasteiger partial charge in [-0.15, -0.1) is 0 Å². The average Bonchev–Trinajstić information content (AvgIpc) is 2.87. The van der Waals surface area contributed by atoms with Crippen molar-refractivity contribution in [3.63, 3.8) is 0 Å². The molecule has 0 aliphatic carbocycles. The topological polar surface area (TPSA) is 90.0 Å². The van der Waals surface area contributed by atoms with Crippen molar-refractivity contribution in [3.05, 3.63) is 102 Å². The molecule has 0 saturated carbocycles. The number of carbonyl (C=O) groups is 2. The summed E-state index contributed by atoms with van der Waals surface area (Å²) in [4.78, 5) is 26.3. The molecule has 7 nitrogen and oxygen atoms in total. The number of hydrogen-bond donors (Lipinski definition) is 0. The van der Waals surface area contributed by atoms with Crippen molar-refractivity contribution in [3.8, 4) is 0 Å². The fourth-order valence-corrected chi connectivity index (χ4v) is 5.73. The fourth-order valence-electron chi connectivity index (χ4n) is 4.09. The second-order valence-electron chi connectivity index (χ2n) is 8.53. The molecule has 3 atom stereocenters. The van der Waals surface area contributed by atoms with Gasteiger partial charge in [0.15, 0.2) is 6.10 Å². The van der Waals surface area contributed by atoms with E-state index in [0.717, 1.165) is 0 Å². The molecule has 1 aliphatic rings. The molecule has 182 valence electrons. The Morgan fingerprint density at radius 3 is 2.06 bits per heavy atom. The zero-order valence-electron chi connectivity index (χ0n) is 19.5. The lowest BCUT2D eigenvalue weighted by atomic mass is 10.00. The van der Waals surface area contributed by atoms with Crippen molar-refractivity contribution in [1.29, 1.82) is 0 Å². The van der Waals surface area contributed by atoms with Gasteiger partial charge in [-0.25, -0.2) is 13.2 Å². The van der Waals surface area contributed by atoms with Gasteiger partial charge in [0.1, 0.15) is 0 Å². The van der Waals surface area contributed by atoms with Gasteiger partial charge in [-0.3, -0.25) is 4.79 Å². The predicted octanol–water partition coefficient (Wildman–Crippen LogP) is 4.27. The van der Waals surface area contributed by atoms with Crippen LogP contribution in [0.2, 0.25) is 0 Å². The zero-order chi connectivity index (χ0) is 25.0. The number of benzene rings is 3. The van der Waals surface area contributed by atoms with E-state index in [1.165, 1.54) is 28.6 Å². The predicted molar refractivity (Wildman–Crippen MR) is 131 cm³/mol. The molecule has 0 spiro atoms. The summed E-state index contributed by atoms with van der Waals surface area (Å²) in [6.07, 6.45) is -1.65. The van der Waals surface area contributed by atoms with Gasteiger partial charge in [0.25, 0.3) is 0 Å². The molecule has 3 aromatic carbocycles. The van der Waals surface area contributed by atoms with E-state index in [1.807, 2.05) is 13.8 Å². The van der Waals surface area contributed by atoms with Crippen LogP contribution in [0.3, 0.4) is 0 Å². The van der Waals surface area contributed by atoms with E-state index in [-0.39, 0.29) is 41.5 Å². The molecular weight excluding hydrogens is 466 g/mol. The summed E-state index contributed by atoms with van der Waals surface area (Å²) < 4.78 is 39.2. The molecule has 0 amide bonds. The lowest BCUT2D eigenvalue weighted by molar-refractivity contribution is -0.0440. The highest BCUT2D eigenvalue weighted by Gasteiger charge is 2.33. The van der Waals surface area contributed by atoms with E-state index < -0.39 is 22.1 Å². The van der Waals surface area contributed by atoms with Gasteiger partial charge in [0, 0.05) is 24.2 Å². The van der Waals surface area contributed by atoms with Crippen LogP contribution in [0, 0.1) is 0 Å². The van der Waals surface area contributed by atoms with E-state index in [0.29, 0.717) is 11.1 Å². The Balaban J connectivity index is 1.61. The minimum Gasteiger partial charge on any atom is -0.445 e. The molecular formula is C27H27NO6S. The molecule has 1 heterocycles. The Morgan fingerprint density at radius 2 is 1.43 bits per heavy atom. The van der Waals surface area contributed by atoms with Gasteiger partial charge in [-0.05, 0) is 32.0 Å². The van der Waals surface area contributed by atoms with Crippen LogP contribution >= 0.6 is 0 Å². The molecule has 1 fully saturated rings. The standard InChI is InChI=1S/C27H27NO6S/c1-19-17-28(18-20(2)33-19)35(31,32)24-15-9-14-23(16-24)27(30)34-26(22-12-7-4-8-13-22)25(29)21-10-5-3-6-11-21/h3-16,19-20,26H,17-18H2,1-2H3. The van der Waals surface area contributed by atoms with Crippen LogP contribution in [-0.2, 0) is 19.5 Å². The molecule has 0 aromatic heterocycles. The summed E-state index contributed by atoms with van der Waals surface area (Å²) in [5.74, 6) is -1.16. The highest BCUT2D eigenvalue weighted by Crippen LogP contribution is 2.26. The minimum atomic E-state index is -3.85. The molecule has 1 aliphatic heterocycles. The van der Waals surface area contributed by atoms with Gasteiger partial charge in [0.05, 0.1) is 22.7 Å². The van der Waals surface area contributed by atoms with E-state index in [9.17, 15) is 18.0 Å². The first-order valence-corrected chi connectivity index (χ1v) is 12.8. The second-order valence-corrected chi connectivity index (χ2v) is 10.5. The van der Waals surface area contributed by atoms with Crippen LogP contribution in [0.5, 0.6) is 0 Å². The Bertz CT molecular complexity index is 1280. The number of ketones is 1. The first-order chi connectivity index (χ1) is 16.8. The fraction of sp³-hybridized carbons (Fsp3) is 0.259. The first kappa shape index (κ1) is 24.8. The maximum Gasteiger partial charge on any atom is 0.339 e. The van der Waals surface area contributed by atoms with Gasteiger partial charge < -0.3 is 9.47 Å². The highest BCUT2D eigenvalue weighted by molar-refractivity contribution is 7.89. The Kier molecular flexibility index (Phi) is 7.45. The maximum atomic E-state index is 13.3. The summed E-state index contributed by atoms with van der Waals surface area (Å²) in [7, 11) is -3.85. The number of morpholine rings is 1. The minimum absolute atomic E-state index is 0.0149. The average molecular weight is 494 g/mol. The van der Waals surface area contributed by atoms with Gasteiger partial charge in [-0.1, -0.05) is 66.7 Å². The smallest absolute Gasteiger partial charge is 0.339 e. The van der Waals surface area contributed by atoms with Gasteiger partial charge in [0.2, 0.25) is 15.8 Å². The SMILES string of the molecule is CC1CN(S(=O)(=O)c2cccc(C(=O)OC(C(=O)c3ccccc3)c3ccccc3)c2)CC(C)O1. The van der Waals surface area contributed by atoms with Crippen LogP contribution in [0.1, 0.15) is 46.2 Å². The summed E-state index contributed by atoms with van der Waals surface area (Å²) >= 11 is 0. The quantitative estimate of drug-likeness (QED) is 0.361. The zero-order valence-corrected chi connectivity index (χ0v) is 20.4. The monoisotopic (exact) mass is 493 g/mol. The maximum absolute atomic E-state index is 13.3. The van der Waals surface area contributed by atoms with E-state index in [1.54, 1.807) is 60.7 Å². The van der Waals surface area contributed by atoms with Crippen molar-refractivity contribution in [2.24, 2.45) is 0 Å². The molecule has 3 unspecified atom stereocenters. The third kappa shape index (κ3) is 5.67. The summed E-state index contributed by atoms with van der Waals surface area (Å²) in [6.45, 7) is 4.09. The van der Waals surface area contributed by atoms with Crippen molar-refractivity contribution in [1.82, 2.24) is 4.31 Å². The van der Waals surface area contributed by atoms with Crippen molar-refractivity contribution in [2.45, 2.75) is 37.1 Å². The lowest BCUT2D eigenvalue weighted by Gasteiger charge is -2.34. The molecule has 1 saturated heterocycles. The number of esters is 1. The molecule has 35 heavy (non-hydrogen) atoms. The number of Topliss-reactive ketones (excluding diaryl/α,β-unsaturated/α-hetero) is 1. The number of sulfonamides is 1. The largest absolute Gasteiger partial charge is 0.445 e. The summed E-state index contributed by atoms with van der Waals surface area (Å²) in [5, 5.41) is 0. The third-order valence-corrected chi connectivity index (χ3v) is 7.54. The molecule has 0 radical (unpaired) electrons. The van der Waals surface area contributed by atoms with E-state index in [2.05, 4.69) is 0 Å².